The Balaban J connectivity index is 2.34. The number of ether oxygens (including phenoxy) is 1. The lowest BCUT2D eigenvalue weighted by Gasteiger charge is -2.22. The van der Waals surface area contributed by atoms with Gasteiger partial charge in [0.25, 0.3) is 0 Å². The van der Waals surface area contributed by atoms with Gasteiger partial charge in [0.1, 0.15) is 5.76 Å². The average Bonchev–Trinajstić information content (AvgIpc) is 2.05. The molecule has 1 rings (SSSR count). The van der Waals surface area contributed by atoms with Gasteiger partial charge in [0.15, 0.2) is 0 Å². The molecule has 0 unspecified atom stereocenters. The molecule has 2 nitrogen and oxygen atoms in total. The maximum absolute atomic E-state index is 10.6. The highest BCUT2D eigenvalue weighted by molar-refractivity contribution is 5.67. The van der Waals surface area contributed by atoms with Crippen molar-refractivity contribution in [2.45, 2.75) is 39.0 Å². The van der Waals surface area contributed by atoms with E-state index in [1.54, 1.807) is 0 Å². The molecule has 68 valence electrons. The number of carbonyl (C=O) groups excluding carboxylic acids is 1. The molecule has 0 spiro atoms. The van der Waals surface area contributed by atoms with Crippen LogP contribution in [-0.4, -0.2) is 5.97 Å². The van der Waals surface area contributed by atoms with Gasteiger partial charge in [0, 0.05) is 12.8 Å². The lowest BCUT2D eigenvalue weighted by atomic mass is 9.88. The van der Waals surface area contributed by atoms with Crippen LogP contribution in [0.1, 0.15) is 39.0 Å². The minimum atomic E-state index is -0.245. The second kappa shape index (κ2) is 4.29. The molecular formula is C10H16O2. The second-order valence-electron chi connectivity index (χ2n) is 3.39. The summed E-state index contributed by atoms with van der Waals surface area (Å²) in [6.45, 7) is 5.20. The highest BCUT2D eigenvalue weighted by Gasteiger charge is 2.18. The number of carbonyl (C=O) groups is 1. The zero-order valence-electron chi connectivity index (χ0n) is 7.64. The highest BCUT2D eigenvalue weighted by Crippen LogP contribution is 2.29. The third-order valence-corrected chi connectivity index (χ3v) is 2.34. The van der Waals surface area contributed by atoms with E-state index < -0.39 is 0 Å². The largest absolute Gasteiger partial charge is 0.432 e. The Labute approximate surface area is 73.6 Å². The molecule has 0 bridgehead atoms. The molecule has 1 aliphatic rings. The summed E-state index contributed by atoms with van der Waals surface area (Å²) in [5.41, 5.74) is 0. The molecule has 1 aliphatic carbocycles. The fourth-order valence-corrected chi connectivity index (χ4v) is 1.69. The van der Waals surface area contributed by atoms with Crippen molar-refractivity contribution in [3.05, 3.63) is 12.3 Å². The SMILES string of the molecule is C=C(OC(C)=O)C1CCCCC1. The third kappa shape index (κ3) is 2.68. The van der Waals surface area contributed by atoms with Crippen molar-refractivity contribution < 1.29 is 9.53 Å². The monoisotopic (exact) mass is 168 g/mol. The molecule has 2 heteroatoms. The predicted octanol–water partition coefficient (Wildman–Crippen LogP) is 2.64. The predicted molar refractivity (Wildman–Crippen MR) is 47.5 cm³/mol. The number of rotatable bonds is 2. The first-order chi connectivity index (χ1) is 5.70. The molecule has 0 heterocycles. The Morgan fingerprint density at radius 3 is 2.42 bits per heavy atom. The Morgan fingerprint density at radius 2 is 1.92 bits per heavy atom. The third-order valence-electron chi connectivity index (χ3n) is 2.34. The van der Waals surface area contributed by atoms with Crippen LogP contribution in [0.25, 0.3) is 0 Å². The summed E-state index contributed by atoms with van der Waals surface area (Å²) < 4.78 is 4.96. The van der Waals surface area contributed by atoms with Crippen LogP contribution in [0.2, 0.25) is 0 Å². The van der Waals surface area contributed by atoms with Crippen LogP contribution < -0.4 is 0 Å². The van der Waals surface area contributed by atoms with Crippen LogP contribution in [0.15, 0.2) is 12.3 Å². The van der Waals surface area contributed by atoms with Crippen molar-refractivity contribution in [3.8, 4) is 0 Å². The van der Waals surface area contributed by atoms with Gasteiger partial charge in [-0.25, -0.2) is 0 Å². The Hall–Kier alpha value is -0.790. The molecule has 0 N–H and O–H groups in total. The average molecular weight is 168 g/mol. The van der Waals surface area contributed by atoms with Gasteiger partial charge in [0.2, 0.25) is 0 Å². The van der Waals surface area contributed by atoms with Crippen LogP contribution in [0, 0.1) is 5.92 Å². The molecule has 0 radical (unpaired) electrons. The molecular weight excluding hydrogens is 152 g/mol. The van der Waals surface area contributed by atoms with Crippen molar-refractivity contribution in [2.24, 2.45) is 5.92 Å². The summed E-state index contributed by atoms with van der Waals surface area (Å²) in [4.78, 5) is 10.6. The number of allylic oxidation sites excluding steroid dienone is 1. The van der Waals surface area contributed by atoms with Crippen molar-refractivity contribution in [3.63, 3.8) is 0 Å². The summed E-state index contributed by atoms with van der Waals surface area (Å²) in [6, 6.07) is 0. The van der Waals surface area contributed by atoms with E-state index in [0.29, 0.717) is 11.7 Å². The van der Waals surface area contributed by atoms with Crippen molar-refractivity contribution in [1.82, 2.24) is 0 Å². The van der Waals surface area contributed by atoms with Crippen LogP contribution in [0.5, 0.6) is 0 Å². The molecule has 1 saturated carbocycles. The van der Waals surface area contributed by atoms with E-state index in [-0.39, 0.29) is 5.97 Å². The van der Waals surface area contributed by atoms with E-state index in [2.05, 4.69) is 6.58 Å². The number of hydrogen-bond donors (Lipinski definition) is 0. The summed E-state index contributed by atoms with van der Waals surface area (Å²) in [5, 5.41) is 0. The normalized spacial score (nSPS) is 18.8. The zero-order chi connectivity index (χ0) is 8.97. The van der Waals surface area contributed by atoms with E-state index in [0.717, 1.165) is 12.8 Å². The van der Waals surface area contributed by atoms with Gasteiger partial charge in [-0.2, -0.15) is 0 Å². The molecule has 0 amide bonds. The molecule has 0 aliphatic heterocycles. The first kappa shape index (κ1) is 9.30. The standard InChI is InChI=1S/C10H16O2/c1-8(12-9(2)11)10-6-4-3-5-7-10/h10H,1,3-7H2,2H3. The van der Waals surface area contributed by atoms with E-state index in [1.807, 2.05) is 0 Å². The van der Waals surface area contributed by atoms with E-state index in [4.69, 9.17) is 4.74 Å². The van der Waals surface area contributed by atoms with Gasteiger partial charge in [0.05, 0.1) is 0 Å². The van der Waals surface area contributed by atoms with Crippen molar-refractivity contribution in [2.75, 3.05) is 0 Å². The smallest absolute Gasteiger partial charge is 0.307 e. The maximum Gasteiger partial charge on any atom is 0.307 e. The van der Waals surface area contributed by atoms with Gasteiger partial charge in [-0.3, -0.25) is 4.79 Å². The molecule has 0 aromatic rings. The lowest BCUT2D eigenvalue weighted by Crippen LogP contribution is -2.12. The Morgan fingerprint density at radius 1 is 1.33 bits per heavy atom. The maximum atomic E-state index is 10.6. The van der Waals surface area contributed by atoms with E-state index in [9.17, 15) is 4.79 Å². The quantitative estimate of drug-likeness (QED) is 0.468. The summed E-state index contributed by atoms with van der Waals surface area (Å²) in [7, 11) is 0. The van der Waals surface area contributed by atoms with Gasteiger partial charge < -0.3 is 4.74 Å². The van der Waals surface area contributed by atoms with Crippen LogP contribution in [-0.2, 0) is 9.53 Å². The minimum absolute atomic E-state index is 0.245. The Bertz CT molecular complexity index is 178. The first-order valence-corrected chi connectivity index (χ1v) is 4.57. The first-order valence-electron chi connectivity index (χ1n) is 4.57. The molecule has 1 fully saturated rings. The lowest BCUT2D eigenvalue weighted by molar-refractivity contribution is -0.137. The topological polar surface area (TPSA) is 26.3 Å². The summed E-state index contributed by atoms with van der Waals surface area (Å²) >= 11 is 0. The molecule has 0 aromatic heterocycles. The van der Waals surface area contributed by atoms with Gasteiger partial charge in [-0.15, -0.1) is 0 Å². The van der Waals surface area contributed by atoms with Crippen molar-refractivity contribution in [1.29, 1.82) is 0 Å². The fourth-order valence-electron chi connectivity index (χ4n) is 1.69. The van der Waals surface area contributed by atoms with Crippen LogP contribution >= 0.6 is 0 Å². The van der Waals surface area contributed by atoms with Crippen LogP contribution in [0.4, 0.5) is 0 Å². The van der Waals surface area contributed by atoms with Crippen molar-refractivity contribution >= 4 is 5.97 Å². The van der Waals surface area contributed by atoms with E-state index >= 15 is 0 Å². The second-order valence-corrected chi connectivity index (χ2v) is 3.39. The van der Waals surface area contributed by atoms with Gasteiger partial charge in [-0.1, -0.05) is 25.8 Å². The highest BCUT2D eigenvalue weighted by atomic mass is 16.5. The molecule has 12 heavy (non-hydrogen) atoms. The summed E-state index contributed by atoms with van der Waals surface area (Å²) in [5.74, 6) is 0.843. The molecule has 0 aromatic carbocycles. The molecule has 0 saturated heterocycles. The van der Waals surface area contributed by atoms with E-state index in [1.165, 1.54) is 26.2 Å². The minimum Gasteiger partial charge on any atom is -0.432 e. The number of esters is 1. The van der Waals surface area contributed by atoms with Crippen LogP contribution in [0.3, 0.4) is 0 Å². The Kier molecular flexibility index (Phi) is 3.32. The number of hydrogen-bond acceptors (Lipinski definition) is 2. The zero-order valence-corrected chi connectivity index (χ0v) is 7.64. The molecule has 0 atom stereocenters. The van der Waals surface area contributed by atoms with Gasteiger partial charge >= 0.3 is 5.97 Å². The summed E-state index contributed by atoms with van der Waals surface area (Å²) in [6.07, 6.45) is 6.05. The van der Waals surface area contributed by atoms with Gasteiger partial charge in [-0.05, 0) is 12.8 Å². The fraction of sp³-hybridized carbons (Fsp3) is 0.700.